The molecular formula is C17H26N2O2. The largest absolute Gasteiger partial charge is 0.377 e. The number of amides is 1. The van der Waals surface area contributed by atoms with Gasteiger partial charge in [0.2, 0.25) is 5.91 Å². The molecule has 1 saturated heterocycles. The van der Waals surface area contributed by atoms with Crippen LogP contribution < -0.4 is 10.6 Å². The van der Waals surface area contributed by atoms with Crippen LogP contribution in [0.1, 0.15) is 31.7 Å². The number of nitrogens with one attached hydrogen (secondary N) is 2. The first-order valence-electron chi connectivity index (χ1n) is 7.88. The zero-order valence-corrected chi connectivity index (χ0v) is 12.8. The third kappa shape index (κ3) is 5.86. The van der Waals surface area contributed by atoms with Crippen LogP contribution in [-0.2, 0) is 16.1 Å². The van der Waals surface area contributed by atoms with Crippen LogP contribution in [0.2, 0.25) is 0 Å². The van der Waals surface area contributed by atoms with E-state index >= 15 is 0 Å². The Morgan fingerprint density at radius 1 is 1.38 bits per heavy atom. The highest BCUT2D eigenvalue weighted by Crippen LogP contribution is 2.14. The van der Waals surface area contributed by atoms with E-state index in [1.807, 2.05) is 18.2 Å². The Kier molecular flexibility index (Phi) is 6.70. The van der Waals surface area contributed by atoms with E-state index < -0.39 is 0 Å². The van der Waals surface area contributed by atoms with Gasteiger partial charge in [0, 0.05) is 13.2 Å². The summed E-state index contributed by atoms with van der Waals surface area (Å²) in [5, 5.41) is 6.27. The standard InChI is InChI=1S/C17H26N2O2/c1-14-8-10-18-16(12-14)17(20)19-9-5-11-21-13-15-6-3-2-4-7-15/h2-4,6-7,14,16,18H,5,8-13H2,1H3,(H,19,20). The highest BCUT2D eigenvalue weighted by molar-refractivity contribution is 5.81. The molecule has 2 atom stereocenters. The predicted octanol–water partition coefficient (Wildman–Crippen LogP) is 2.10. The summed E-state index contributed by atoms with van der Waals surface area (Å²) in [5.74, 6) is 0.765. The van der Waals surface area contributed by atoms with Crippen molar-refractivity contribution >= 4 is 5.91 Å². The van der Waals surface area contributed by atoms with Crippen LogP contribution in [0.5, 0.6) is 0 Å². The van der Waals surface area contributed by atoms with Crippen molar-refractivity contribution in [3.05, 3.63) is 35.9 Å². The lowest BCUT2D eigenvalue weighted by Crippen LogP contribution is -2.48. The Bertz CT molecular complexity index is 422. The maximum absolute atomic E-state index is 12.0. The SMILES string of the molecule is CC1CCNC(C(=O)NCCCOCc2ccccc2)C1. The second-order valence-corrected chi connectivity index (χ2v) is 5.82. The van der Waals surface area contributed by atoms with E-state index in [4.69, 9.17) is 4.74 Å². The molecule has 0 bridgehead atoms. The van der Waals surface area contributed by atoms with Gasteiger partial charge in [-0.05, 0) is 37.3 Å². The van der Waals surface area contributed by atoms with Crippen molar-refractivity contribution in [3.63, 3.8) is 0 Å². The van der Waals surface area contributed by atoms with Gasteiger partial charge in [0.1, 0.15) is 0 Å². The van der Waals surface area contributed by atoms with Crippen LogP contribution in [0, 0.1) is 5.92 Å². The number of rotatable bonds is 7. The molecule has 1 fully saturated rings. The molecule has 1 aromatic rings. The van der Waals surface area contributed by atoms with E-state index in [0.717, 1.165) is 25.8 Å². The average molecular weight is 290 g/mol. The summed E-state index contributed by atoms with van der Waals surface area (Å²) < 4.78 is 5.60. The third-order valence-corrected chi connectivity index (χ3v) is 3.86. The van der Waals surface area contributed by atoms with Gasteiger partial charge < -0.3 is 15.4 Å². The molecule has 0 aromatic heterocycles. The van der Waals surface area contributed by atoms with Gasteiger partial charge in [0.15, 0.2) is 0 Å². The number of piperidine rings is 1. The minimum absolute atomic E-state index is 0.0148. The number of carbonyl (C=O) groups excluding carboxylic acids is 1. The van der Waals surface area contributed by atoms with Crippen LogP contribution in [0.4, 0.5) is 0 Å². The van der Waals surface area contributed by atoms with Crippen molar-refractivity contribution < 1.29 is 9.53 Å². The van der Waals surface area contributed by atoms with Gasteiger partial charge in [-0.3, -0.25) is 4.79 Å². The zero-order valence-electron chi connectivity index (χ0n) is 12.8. The summed E-state index contributed by atoms with van der Waals surface area (Å²) in [6, 6.07) is 10.1. The van der Waals surface area contributed by atoms with E-state index in [-0.39, 0.29) is 11.9 Å². The molecule has 21 heavy (non-hydrogen) atoms. The Labute approximate surface area is 127 Å². The summed E-state index contributed by atoms with van der Waals surface area (Å²) in [5.41, 5.74) is 1.18. The molecule has 0 radical (unpaired) electrons. The van der Waals surface area contributed by atoms with Crippen molar-refractivity contribution in [2.24, 2.45) is 5.92 Å². The van der Waals surface area contributed by atoms with Gasteiger partial charge in [-0.1, -0.05) is 37.3 Å². The molecule has 1 aliphatic rings. The summed E-state index contributed by atoms with van der Waals surface area (Å²) in [6.07, 6.45) is 2.95. The highest BCUT2D eigenvalue weighted by atomic mass is 16.5. The Hall–Kier alpha value is -1.39. The first kappa shape index (κ1) is 16.0. The second-order valence-electron chi connectivity index (χ2n) is 5.82. The van der Waals surface area contributed by atoms with E-state index in [1.165, 1.54) is 5.56 Å². The number of ether oxygens (including phenoxy) is 1. The lowest BCUT2D eigenvalue weighted by atomic mass is 9.94. The minimum atomic E-state index is -0.0148. The van der Waals surface area contributed by atoms with E-state index in [1.54, 1.807) is 0 Å². The number of hydrogen-bond acceptors (Lipinski definition) is 3. The summed E-state index contributed by atoms with van der Waals surface area (Å²) in [6.45, 7) is 5.14. The molecule has 2 rings (SSSR count). The van der Waals surface area contributed by atoms with E-state index in [2.05, 4.69) is 29.7 Å². The molecule has 116 valence electrons. The lowest BCUT2D eigenvalue weighted by molar-refractivity contribution is -0.124. The monoisotopic (exact) mass is 290 g/mol. The van der Waals surface area contributed by atoms with Crippen molar-refractivity contribution in [1.29, 1.82) is 0 Å². The van der Waals surface area contributed by atoms with Crippen LogP contribution >= 0.6 is 0 Å². The van der Waals surface area contributed by atoms with Crippen LogP contribution in [0.25, 0.3) is 0 Å². The van der Waals surface area contributed by atoms with Gasteiger partial charge in [-0.15, -0.1) is 0 Å². The van der Waals surface area contributed by atoms with Crippen molar-refractivity contribution in [2.75, 3.05) is 19.7 Å². The Morgan fingerprint density at radius 2 is 2.19 bits per heavy atom. The average Bonchev–Trinajstić information content (AvgIpc) is 2.51. The molecule has 0 aliphatic carbocycles. The van der Waals surface area contributed by atoms with Gasteiger partial charge in [-0.2, -0.15) is 0 Å². The number of benzene rings is 1. The first-order valence-corrected chi connectivity index (χ1v) is 7.88. The van der Waals surface area contributed by atoms with Crippen LogP contribution in [0.3, 0.4) is 0 Å². The molecule has 1 amide bonds. The fraction of sp³-hybridized carbons (Fsp3) is 0.588. The van der Waals surface area contributed by atoms with Crippen LogP contribution in [-0.4, -0.2) is 31.6 Å². The Balaban J connectivity index is 1.52. The quantitative estimate of drug-likeness (QED) is 0.756. The van der Waals surface area contributed by atoms with Gasteiger partial charge in [-0.25, -0.2) is 0 Å². The molecular weight excluding hydrogens is 264 g/mol. The van der Waals surface area contributed by atoms with Crippen LogP contribution in [0.15, 0.2) is 30.3 Å². The first-order chi connectivity index (χ1) is 10.3. The zero-order chi connectivity index (χ0) is 14.9. The molecule has 0 spiro atoms. The molecule has 2 N–H and O–H groups in total. The summed E-state index contributed by atoms with van der Waals surface area (Å²) in [7, 11) is 0. The minimum Gasteiger partial charge on any atom is -0.377 e. The maximum atomic E-state index is 12.0. The molecule has 4 nitrogen and oxygen atoms in total. The molecule has 4 heteroatoms. The second kappa shape index (κ2) is 8.80. The van der Waals surface area contributed by atoms with E-state index in [9.17, 15) is 4.79 Å². The smallest absolute Gasteiger partial charge is 0.237 e. The number of hydrogen-bond donors (Lipinski definition) is 2. The van der Waals surface area contributed by atoms with Crippen molar-refractivity contribution in [2.45, 2.75) is 38.8 Å². The topological polar surface area (TPSA) is 50.4 Å². The molecule has 1 heterocycles. The molecule has 1 aromatic carbocycles. The Morgan fingerprint density at radius 3 is 2.95 bits per heavy atom. The van der Waals surface area contributed by atoms with E-state index in [0.29, 0.717) is 25.7 Å². The fourth-order valence-electron chi connectivity index (χ4n) is 2.58. The molecule has 2 unspecified atom stereocenters. The van der Waals surface area contributed by atoms with Gasteiger partial charge in [0.05, 0.1) is 12.6 Å². The summed E-state index contributed by atoms with van der Waals surface area (Å²) in [4.78, 5) is 12.0. The molecule has 0 saturated carbocycles. The summed E-state index contributed by atoms with van der Waals surface area (Å²) >= 11 is 0. The van der Waals surface area contributed by atoms with Gasteiger partial charge in [0.25, 0.3) is 0 Å². The number of carbonyl (C=O) groups is 1. The van der Waals surface area contributed by atoms with Crippen molar-refractivity contribution in [1.82, 2.24) is 10.6 Å². The van der Waals surface area contributed by atoms with Gasteiger partial charge >= 0.3 is 0 Å². The molecule has 1 aliphatic heterocycles. The maximum Gasteiger partial charge on any atom is 0.237 e. The van der Waals surface area contributed by atoms with Crippen molar-refractivity contribution in [3.8, 4) is 0 Å². The predicted molar refractivity (Wildman–Crippen MR) is 83.9 cm³/mol. The highest BCUT2D eigenvalue weighted by Gasteiger charge is 2.23. The normalized spacial score (nSPS) is 22.0. The third-order valence-electron chi connectivity index (χ3n) is 3.86. The lowest BCUT2D eigenvalue weighted by Gasteiger charge is -2.27. The fourth-order valence-corrected chi connectivity index (χ4v) is 2.58.